The van der Waals surface area contributed by atoms with Crippen molar-refractivity contribution in [3.63, 3.8) is 0 Å². The summed E-state index contributed by atoms with van der Waals surface area (Å²) in [6.07, 6.45) is 1.51. The number of aliphatic hydroxyl groups excluding tert-OH is 1. The average molecular weight is 637 g/mol. The van der Waals surface area contributed by atoms with Crippen LogP contribution in [0.4, 0.5) is 17.1 Å². The van der Waals surface area contributed by atoms with Gasteiger partial charge in [0.05, 0.1) is 30.2 Å². The summed E-state index contributed by atoms with van der Waals surface area (Å²) in [7, 11) is 2.09. The maximum absolute atomic E-state index is 12.8. The van der Waals surface area contributed by atoms with Gasteiger partial charge in [-0.15, -0.1) is 0 Å². The van der Waals surface area contributed by atoms with E-state index in [1.807, 2.05) is 78.9 Å². The lowest BCUT2D eigenvalue weighted by Crippen LogP contribution is -2.37. The Morgan fingerprint density at radius 2 is 1.51 bits per heavy atom. The monoisotopic (exact) mass is 636 g/mol. The van der Waals surface area contributed by atoms with Gasteiger partial charge >= 0.3 is 0 Å². The molecule has 0 bridgehead atoms. The van der Waals surface area contributed by atoms with Crippen molar-refractivity contribution in [2.75, 3.05) is 30.0 Å². The van der Waals surface area contributed by atoms with E-state index in [0.29, 0.717) is 55.7 Å². The molecule has 4 aromatic carbocycles. The van der Waals surface area contributed by atoms with E-state index < -0.39 is 6.29 Å². The Labute approximate surface area is 276 Å². The van der Waals surface area contributed by atoms with Crippen molar-refractivity contribution < 1.29 is 24.2 Å². The number of para-hydroxylation sites is 2. The molecule has 3 atom stereocenters. The fraction of sp³-hybridized carbons (Fsp3) is 0.316. The molecule has 0 aromatic heterocycles. The summed E-state index contributed by atoms with van der Waals surface area (Å²) in [6.45, 7) is 1.51. The number of carbonyl (C=O) groups excluding carboxylic acids is 2. The highest BCUT2D eigenvalue weighted by Crippen LogP contribution is 2.38. The van der Waals surface area contributed by atoms with Crippen molar-refractivity contribution >= 4 is 28.9 Å². The molecule has 1 aliphatic heterocycles. The minimum atomic E-state index is -0.629. The number of likely N-dealkylation sites (N-methyl/N-ethyl adjacent to an activating group) is 1. The van der Waals surface area contributed by atoms with Crippen LogP contribution in [0.1, 0.15) is 66.8 Å². The first-order chi connectivity index (χ1) is 22.9. The Balaban J connectivity index is 1.18. The SMILES string of the molecule is CN(Cc1ccccc1)C[C@@H]1C[C@H](c2ccc(CO)cc2)O[C@H](c2cccc(NC(=O)CCCCC(=O)Nc3ccccc3N)c2)O1. The van der Waals surface area contributed by atoms with Crippen molar-refractivity contribution in [3.8, 4) is 0 Å². The van der Waals surface area contributed by atoms with E-state index in [1.54, 1.807) is 12.1 Å². The fourth-order valence-electron chi connectivity index (χ4n) is 5.72. The van der Waals surface area contributed by atoms with Gasteiger partial charge in [0, 0.05) is 43.6 Å². The predicted octanol–water partition coefficient (Wildman–Crippen LogP) is 6.58. The highest BCUT2D eigenvalue weighted by molar-refractivity contribution is 5.94. The Hall–Kier alpha value is -4.54. The van der Waals surface area contributed by atoms with E-state index in [-0.39, 0.29) is 30.6 Å². The third-order valence-corrected chi connectivity index (χ3v) is 8.16. The van der Waals surface area contributed by atoms with E-state index in [9.17, 15) is 14.7 Å². The number of nitrogens with one attached hydrogen (secondary N) is 2. The highest BCUT2D eigenvalue weighted by Gasteiger charge is 2.33. The molecule has 0 aliphatic carbocycles. The fourth-order valence-corrected chi connectivity index (χ4v) is 5.72. The van der Waals surface area contributed by atoms with Gasteiger partial charge in [-0.2, -0.15) is 0 Å². The summed E-state index contributed by atoms with van der Waals surface area (Å²) in [5.41, 5.74) is 11.6. The zero-order valence-electron chi connectivity index (χ0n) is 26.8. The number of nitrogens with two attached hydrogens (primary N) is 1. The van der Waals surface area contributed by atoms with Crippen molar-refractivity contribution in [1.82, 2.24) is 4.90 Å². The zero-order valence-corrected chi connectivity index (χ0v) is 26.8. The molecule has 5 rings (SSSR count). The average Bonchev–Trinajstić information content (AvgIpc) is 3.08. The number of nitrogen functional groups attached to an aromatic ring is 1. The molecule has 4 aromatic rings. The molecule has 0 unspecified atom stereocenters. The largest absolute Gasteiger partial charge is 0.397 e. The van der Waals surface area contributed by atoms with Gasteiger partial charge < -0.3 is 30.9 Å². The lowest BCUT2D eigenvalue weighted by Gasteiger charge is -2.38. The highest BCUT2D eigenvalue weighted by atomic mass is 16.7. The molecule has 5 N–H and O–H groups in total. The van der Waals surface area contributed by atoms with Crippen LogP contribution >= 0.6 is 0 Å². The topological polar surface area (TPSA) is 126 Å². The smallest absolute Gasteiger partial charge is 0.224 e. The number of aliphatic hydroxyl groups is 1. The van der Waals surface area contributed by atoms with Crippen LogP contribution in [-0.2, 0) is 32.2 Å². The number of unbranched alkanes of at least 4 members (excludes halogenated alkanes) is 1. The number of anilines is 3. The standard InChI is InChI=1S/C38H44N4O5/c1-42(24-27-10-3-2-4-11-27)25-32-23-35(29-20-18-28(26-43)19-21-29)47-38(46-32)30-12-9-13-31(22-30)40-36(44)16-7-8-17-37(45)41-34-15-6-5-14-33(34)39/h2-6,9-15,18-22,32,35,38,43H,7-8,16-17,23-26,39H2,1H3,(H,40,44)(H,41,45)/t32-,35+,38+/m0/s1. The van der Waals surface area contributed by atoms with Crippen molar-refractivity contribution in [2.45, 2.75) is 63.8 Å². The molecule has 0 spiro atoms. The van der Waals surface area contributed by atoms with Crippen molar-refractivity contribution in [3.05, 3.63) is 125 Å². The van der Waals surface area contributed by atoms with Gasteiger partial charge in [-0.25, -0.2) is 0 Å². The number of rotatable bonds is 14. The van der Waals surface area contributed by atoms with Gasteiger partial charge in [0.2, 0.25) is 11.8 Å². The summed E-state index contributed by atoms with van der Waals surface area (Å²) >= 11 is 0. The predicted molar refractivity (Wildman–Crippen MR) is 184 cm³/mol. The molecule has 1 fully saturated rings. The Bertz CT molecular complexity index is 1600. The van der Waals surface area contributed by atoms with Gasteiger partial charge in [0.25, 0.3) is 0 Å². The summed E-state index contributed by atoms with van der Waals surface area (Å²) < 4.78 is 13.0. The van der Waals surface area contributed by atoms with E-state index in [4.69, 9.17) is 15.2 Å². The first-order valence-electron chi connectivity index (χ1n) is 16.1. The normalized spacial score (nSPS) is 17.7. The van der Waals surface area contributed by atoms with Crippen LogP contribution in [0.25, 0.3) is 0 Å². The first kappa shape index (κ1) is 33.8. The second-order valence-corrected chi connectivity index (χ2v) is 12.0. The zero-order chi connectivity index (χ0) is 33.0. The second-order valence-electron chi connectivity index (χ2n) is 12.0. The van der Waals surface area contributed by atoms with E-state index >= 15 is 0 Å². The summed E-state index contributed by atoms with van der Waals surface area (Å²) in [6, 6.07) is 32.9. The molecule has 0 radical (unpaired) electrons. The molecule has 1 aliphatic rings. The van der Waals surface area contributed by atoms with Crippen LogP contribution in [0.15, 0.2) is 103 Å². The number of carbonyl (C=O) groups is 2. The summed E-state index contributed by atoms with van der Waals surface area (Å²) in [5.74, 6) is -0.252. The van der Waals surface area contributed by atoms with Gasteiger partial charge in [-0.05, 0) is 60.8 Å². The van der Waals surface area contributed by atoms with E-state index in [2.05, 4.69) is 34.7 Å². The lowest BCUT2D eigenvalue weighted by atomic mass is 9.99. The van der Waals surface area contributed by atoms with Gasteiger partial charge in [-0.3, -0.25) is 14.5 Å². The Kier molecular flexibility index (Phi) is 12.1. The van der Waals surface area contributed by atoms with E-state index in [1.165, 1.54) is 5.56 Å². The molecular formula is C38H44N4O5. The molecule has 9 heteroatoms. The number of amides is 2. The minimum absolute atomic E-state index is 0.0118. The molecule has 2 amide bonds. The van der Waals surface area contributed by atoms with Crippen LogP contribution in [0, 0.1) is 0 Å². The number of benzene rings is 4. The van der Waals surface area contributed by atoms with Gasteiger partial charge in [-0.1, -0.05) is 78.9 Å². The number of hydrogen-bond donors (Lipinski definition) is 4. The van der Waals surface area contributed by atoms with E-state index in [0.717, 1.165) is 23.2 Å². The maximum atomic E-state index is 12.8. The van der Waals surface area contributed by atoms with Crippen LogP contribution in [0.2, 0.25) is 0 Å². The van der Waals surface area contributed by atoms with Gasteiger partial charge in [0.15, 0.2) is 6.29 Å². The molecule has 9 nitrogen and oxygen atoms in total. The molecule has 246 valence electrons. The maximum Gasteiger partial charge on any atom is 0.224 e. The number of hydrogen-bond acceptors (Lipinski definition) is 7. The second kappa shape index (κ2) is 16.9. The quantitative estimate of drug-likeness (QED) is 0.0911. The van der Waals surface area contributed by atoms with Crippen molar-refractivity contribution in [1.29, 1.82) is 0 Å². The van der Waals surface area contributed by atoms with Crippen LogP contribution in [-0.4, -0.2) is 41.5 Å². The Morgan fingerprint density at radius 3 is 2.23 bits per heavy atom. The van der Waals surface area contributed by atoms with Gasteiger partial charge in [0.1, 0.15) is 0 Å². The molecular weight excluding hydrogens is 592 g/mol. The third kappa shape index (κ3) is 10.2. The summed E-state index contributed by atoms with van der Waals surface area (Å²) in [4.78, 5) is 27.3. The minimum Gasteiger partial charge on any atom is -0.397 e. The van der Waals surface area contributed by atoms with Crippen LogP contribution in [0.3, 0.4) is 0 Å². The third-order valence-electron chi connectivity index (χ3n) is 8.16. The van der Waals surface area contributed by atoms with Crippen LogP contribution < -0.4 is 16.4 Å². The first-order valence-corrected chi connectivity index (χ1v) is 16.1. The molecule has 47 heavy (non-hydrogen) atoms. The summed E-state index contributed by atoms with van der Waals surface area (Å²) in [5, 5.41) is 15.3. The molecule has 1 saturated heterocycles. The number of ether oxygens (including phenoxy) is 2. The molecule has 0 saturated carbocycles. The molecule has 1 heterocycles. The van der Waals surface area contributed by atoms with Crippen LogP contribution in [0.5, 0.6) is 0 Å². The lowest BCUT2D eigenvalue weighted by molar-refractivity contribution is -0.252. The number of nitrogens with zero attached hydrogens (tertiary/aromatic N) is 1. The Morgan fingerprint density at radius 1 is 0.809 bits per heavy atom. The van der Waals surface area contributed by atoms with Crippen molar-refractivity contribution in [2.24, 2.45) is 0 Å².